The summed E-state index contributed by atoms with van der Waals surface area (Å²) in [5, 5.41) is 9.47. The highest BCUT2D eigenvalue weighted by molar-refractivity contribution is 5.86. The highest BCUT2D eigenvalue weighted by Gasteiger charge is 2.08. The molecular weight excluding hydrogens is 252 g/mol. The summed E-state index contributed by atoms with van der Waals surface area (Å²) in [4.78, 5) is 11.2. The fourth-order valence-corrected chi connectivity index (χ4v) is 2.18. The van der Waals surface area contributed by atoms with Crippen molar-refractivity contribution in [1.82, 2.24) is 10.2 Å². The van der Waals surface area contributed by atoms with Crippen LogP contribution < -0.4 is 0 Å². The lowest BCUT2D eigenvalue weighted by Crippen LogP contribution is -2.04. The number of nitrogens with zero attached hydrogens (tertiary/aromatic N) is 1. The summed E-state index contributed by atoms with van der Waals surface area (Å²) in [6.45, 7) is 0. The zero-order valence-electron chi connectivity index (χ0n) is 11.1. The second-order valence-electron chi connectivity index (χ2n) is 4.59. The third-order valence-electron chi connectivity index (χ3n) is 3.24. The highest BCUT2D eigenvalue weighted by atomic mass is 16.5. The minimum Gasteiger partial charge on any atom is -0.469 e. The van der Waals surface area contributed by atoms with E-state index in [1.807, 2.05) is 24.3 Å². The van der Waals surface area contributed by atoms with Crippen LogP contribution in [0.1, 0.15) is 5.69 Å². The first-order valence-electron chi connectivity index (χ1n) is 6.36. The molecule has 0 spiro atoms. The Balaban J connectivity index is 1.92. The van der Waals surface area contributed by atoms with Crippen molar-refractivity contribution in [2.24, 2.45) is 0 Å². The number of esters is 1. The number of hydrogen-bond donors (Lipinski definition) is 1. The van der Waals surface area contributed by atoms with Crippen LogP contribution >= 0.6 is 0 Å². The van der Waals surface area contributed by atoms with Gasteiger partial charge in [-0.1, -0.05) is 36.4 Å². The van der Waals surface area contributed by atoms with E-state index < -0.39 is 0 Å². The van der Waals surface area contributed by atoms with Gasteiger partial charge in [-0.3, -0.25) is 9.89 Å². The number of fused-ring (bicyclic) bond motifs is 1. The molecule has 1 N–H and O–H groups in total. The van der Waals surface area contributed by atoms with Crippen LogP contribution in [-0.2, 0) is 16.0 Å². The second kappa shape index (κ2) is 5.17. The summed E-state index contributed by atoms with van der Waals surface area (Å²) in [6.07, 6.45) is 0.181. The van der Waals surface area contributed by atoms with Gasteiger partial charge in [-0.25, -0.2) is 0 Å². The van der Waals surface area contributed by atoms with Crippen molar-refractivity contribution in [3.63, 3.8) is 0 Å². The Morgan fingerprint density at radius 3 is 2.75 bits per heavy atom. The normalized spacial score (nSPS) is 10.7. The predicted octanol–water partition coefficient (Wildman–Crippen LogP) is 2.95. The number of aromatic amines is 1. The summed E-state index contributed by atoms with van der Waals surface area (Å²) in [6, 6.07) is 16.3. The predicted molar refractivity (Wildman–Crippen MR) is 77.2 cm³/mol. The second-order valence-corrected chi connectivity index (χ2v) is 4.59. The molecule has 0 atom stereocenters. The van der Waals surface area contributed by atoms with Gasteiger partial charge in [0.05, 0.1) is 24.9 Å². The van der Waals surface area contributed by atoms with Crippen molar-refractivity contribution in [2.75, 3.05) is 7.11 Å². The van der Waals surface area contributed by atoms with Crippen LogP contribution in [0.4, 0.5) is 0 Å². The number of carbonyl (C=O) groups excluding carboxylic acids is 1. The molecule has 0 radical (unpaired) electrons. The molecule has 0 fully saturated rings. The van der Waals surface area contributed by atoms with Crippen LogP contribution in [0.5, 0.6) is 0 Å². The molecule has 0 saturated carbocycles. The van der Waals surface area contributed by atoms with E-state index >= 15 is 0 Å². The largest absolute Gasteiger partial charge is 0.469 e. The maximum Gasteiger partial charge on any atom is 0.311 e. The van der Waals surface area contributed by atoms with Crippen LogP contribution in [0.3, 0.4) is 0 Å². The molecule has 1 aromatic heterocycles. The van der Waals surface area contributed by atoms with Gasteiger partial charge in [-0.15, -0.1) is 0 Å². The van der Waals surface area contributed by atoms with E-state index in [4.69, 9.17) is 0 Å². The van der Waals surface area contributed by atoms with E-state index in [2.05, 4.69) is 39.2 Å². The lowest BCUT2D eigenvalue weighted by atomic mass is 10.0. The molecule has 0 unspecified atom stereocenters. The monoisotopic (exact) mass is 266 g/mol. The van der Waals surface area contributed by atoms with Crippen LogP contribution in [0.2, 0.25) is 0 Å². The lowest BCUT2D eigenvalue weighted by Gasteiger charge is -2.01. The van der Waals surface area contributed by atoms with Crippen LogP contribution in [0, 0.1) is 0 Å². The Morgan fingerprint density at radius 2 is 1.95 bits per heavy atom. The molecule has 100 valence electrons. The molecular formula is C16H14N2O2. The van der Waals surface area contributed by atoms with Gasteiger partial charge in [-0.2, -0.15) is 5.10 Å². The van der Waals surface area contributed by atoms with Crippen molar-refractivity contribution < 1.29 is 9.53 Å². The Labute approximate surface area is 116 Å². The molecule has 4 heteroatoms. The van der Waals surface area contributed by atoms with Gasteiger partial charge in [0.15, 0.2) is 0 Å². The van der Waals surface area contributed by atoms with E-state index in [1.165, 1.54) is 17.9 Å². The number of ether oxygens (including phenoxy) is 1. The Kier molecular flexibility index (Phi) is 3.21. The van der Waals surface area contributed by atoms with Crippen molar-refractivity contribution >= 4 is 16.7 Å². The van der Waals surface area contributed by atoms with Crippen molar-refractivity contribution in [3.8, 4) is 11.3 Å². The molecule has 0 saturated heterocycles. The molecule has 3 rings (SSSR count). The minimum atomic E-state index is -0.290. The first kappa shape index (κ1) is 12.4. The van der Waals surface area contributed by atoms with Gasteiger partial charge in [0.1, 0.15) is 0 Å². The third kappa shape index (κ3) is 2.40. The molecule has 0 aliphatic carbocycles. The molecule has 0 aliphatic heterocycles. The molecule has 4 nitrogen and oxygen atoms in total. The van der Waals surface area contributed by atoms with Gasteiger partial charge in [-0.05, 0) is 22.9 Å². The molecule has 0 bridgehead atoms. The van der Waals surface area contributed by atoms with Crippen molar-refractivity contribution in [2.45, 2.75) is 6.42 Å². The smallest absolute Gasteiger partial charge is 0.311 e. The number of methoxy groups -OCH3 is 1. The molecule has 20 heavy (non-hydrogen) atoms. The van der Waals surface area contributed by atoms with Gasteiger partial charge < -0.3 is 4.74 Å². The average Bonchev–Trinajstić information content (AvgIpc) is 2.95. The number of carbonyl (C=O) groups is 1. The van der Waals surface area contributed by atoms with E-state index in [9.17, 15) is 4.79 Å². The number of rotatable bonds is 3. The molecule has 0 amide bonds. The number of nitrogens with one attached hydrogen (secondary N) is 1. The minimum absolute atomic E-state index is 0.181. The molecule has 0 aliphatic rings. The summed E-state index contributed by atoms with van der Waals surface area (Å²) >= 11 is 0. The summed E-state index contributed by atoms with van der Waals surface area (Å²) in [5.41, 5.74) is 2.63. The van der Waals surface area contributed by atoms with Crippen LogP contribution in [0.15, 0.2) is 48.5 Å². The lowest BCUT2D eigenvalue weighted by molar-refractivity contribution is -0.139. The number of benzene rings is 2. The maximum absolute atomic E-state index is 11.2. The maximum atomic E-state index is 11.2. The van der Waals surface area contributed by atoms with Crippen molar-refractivity contribution in [1.29, 1.82) is 0 Å². The number of aromatic nitrogens is 2. The first-order chi connectivity index (χ1) is 9.76. The zero-order chi connectivity index (χ0) is 13.9. The average molecular weight is 266 g/mol. The van der Waals surface area contributed by atoms with E-state index in [1.54, 1.807) is 0 Å². The SMILES string of the molecule is COC(=O)Cc1cc(-c2ccc3ccccc3c2)[nH]n1. The zero-order valence-corrected chi connectivity index (χ0v) is 11.1. The van der Waals surface area contributed by atoms with Gasteiger partial charge >= 0.3 is 5.97 Å². The Morgan fingerprint density at radius 1 is 1.15 bits per heavy atom. The standard InChI is InChI=1S/C16H14N2O2/c1-20-16(19)10-14-9-15(18-17-14)13-7-6-11-4-2-3-5-12(11)8-13/h2-9H,10H2,1H3,(H,17,18). The summed E-state index contributed by atoms with van der Waals surface area (Å²) in [7, 11) is 1.37. The fraction of sp³-hybridized carbons (Fsp3) is 0.125. The topological polar surface area (TPSA) is 55.0 Å². The van der Waals surface area contributed by atoms with Crippen LogP contribution in [0.25, 0.3) is 22.0 Å². The molecule has 3 aromatic rings. The van der Waals surface area contributed by atoms with E-state index in [0.29, 0.717) is 5.69 Å². The fourth-order valence-electron chi connectivity index (χ4n) is 2.18. The summed E-state index contributed by atoms with van der Waals surface area (Å²) < 4.78 is 4.63. The van der Waals surface area contributed by atoms with E-state index in [0.717, 1.165) is 11.3 Å². The van der Waals surface area contributed by atoms with E-state index in [-0.39, 0.29) is 12.4 Å². The molecule has 1 heterocycles. The quantitative estimate of drug-likeness (QED) is 0.741. The van der Waals surface area contributed by atoms with Crippen LogP contribution in [-0.4, -0.2) is 23.3 Å². The number of H-pyrrole nitrogens is 1. The Hall–Kier alpha value is -2.62. The highest BCUT2D eigenvalue weighted by Crippen LogP contribution is 2.23. The molecule has 2 aromatic carbocycles. The Bertz CT molecular complexity index is 762. The third-order valence-corrected chi connectivity index (χ3v) is 3.24. The summed E-state index contributed by atoms with van der Waals surface area (Å²) in [5.74, 6) is -0.290. The van der Waals surface area contributed by atoms with Gasteiger partial charge in [0.25, 0.3) is 0 Å². The van der Waals surface area contributed by atoms with Gasteiger partial charge in [0.2, 0.25) is 0 Å². The van der Waals surface area contributed by atoms with Crippen molar-refractivity contribution in [3.05, 3.63) is 54.2 Å². The van der Waals surface area contributed by atoms with Gasteiger partial charge in [0, 0.05) is 5.56 Å². The number of hydrogen-bond acceptors (Lipinski definition) is 3. The first-order valence-corrected chi connectivity index (χ1v) is 6.36.